The zero-order valence-electron chi connectivity index (χ0n) is 52.2. The first kappa shape index (κ1) is 54.3. The maximum atomic E-state index is 2.69. The highest BCUT2D eigenvalue weighted by atomic mass is 15.2. The van der Waals surface area contributed by atoms with E-state index in [-0.39, 0.29) is 17.5 Å². The third-order valence-electron chi connectivity index (χ3n) is 19.4. The quantitative estimate of drug-likeness (QED) is 0.141. The highest BCUT2D eigenvalue weighted by Crippen LogP contribution is 2.54. The van der Waals surface area contributed by atoms with Crippen molar-refractivity contribution in [2.45, 2.75) is 52.4 Å². The van der Waals surface area contributed by atoms with Crippen LogP contribution in [0.3, 0.4) is 0 Å². The molecule has 17 rings (SSSR count). The lowest BCUT2D eigenvalue weighted by atomic mass is 9.33. The zero-order chi connectivity index (χ0) is 61.3. The van der Waals surface area contributed by atoms with Gasteiger partial charge in [-0.3, -0.25) is 0 Å². The molecule has 91 heavy (non-hydrogen) atoms. The first-order valence-corrected chi connectivity index (χ1v) is 32.0. The molecule has 0 spiro atoms. The molecular formula is C86H67BN4. The minimum atomic E-state index is -0.257. The maximum Gasteiger partial charge on any atom is 0.252 e. The van der Waals surface area contributed by atoms with E-state index < -0.39 is 0 Å². The summed E-state index contributed by atoms with van der Waals surface area (Å²) in [6.07, 6.45) is 0. The highest BCUT2D eigenvalue weighted by molar-refractivity contribution is 7.00. The van der Waals surface area contributed by atoms with Crippen LogP contribution in [0.15, 0.2) is 297 Å². The lowest BCUT2D eigenvalue weighted by molar-refractivity contribution is 0.590. The molecule has 434 valence electrons. The molecule has 0 N–H and O–H groups in total. The number of aromatic nitrogens is 2. The molecule has 2 aliphatic rings. The van der Waals surface area contributed by atoms with Gasteiger partial charge in [-0.2, -0.15) is 0 Å². The van der Waals surface area contributed by atoms with E-state index >= 15 is 0 Å². The molecule has 2 aliphatic heterocycles. The van der Waals surface area contributed by atoms with Gasteiger partial charge < -0.3 is 18.9 Å². The first-order chi connectivity index (χ1) is 44.4. The highest BCUT2D eigenvalue weighted by Gasteiger charge is 2.46. The molecule has 5 heteroatoms. The van der Waals surface area contributed by atoms with Crippen LogP contribution in [0.25, 0.3) is 99.5 Å². The Balaban J connectivity index is 0.978. The number of nitrogens with zero attached hydrogens (tertiary/aromatic N) is 4. The molecule has 0 bridgehead atoms. The molecule has 0 unspecified atom stereocenters. The van der Waals surface area contributed by atoms with Crippen LogP contribution in [0, 0.1) is 0 Å². The molecule has 0 saturated carbocycles. The number of anilines is 6. The van der Waals surface area contributed by atoms with Crippen molar-refractivity contribution in [3.8, 4) is 55.9 Å². The van der Waals surface area contributed by atoms with Gasteiger partial charge in [-0.05, 0) is 151 Å². The summed E-state index contributed by atoms with van der Waals surface area (Å²) in [6, 6.07) is 112. The van der Waals surface area contributed by atoms with Crippen LogP contribution in [-0.2, 0) is 10.8 Å². The monoisotopic (exact) mass is 1170 g/mol. The van der Waals surface area contributed by atoms with E-state index in [1.165, 1.54) is 122 Å². The fourth-order valence-corrected chi connectivity index (χ4v) is 15.0. The predicted molar refractivity (Wildman–Crippen MR) is 388 cm³/mol. The van der Waals surface area contributed by atoms with Gasteiger partial charge in [-0.15, -0.1) is 0 Å². The number of para-hydroxylation sites is 4. The zero-order valence-corrected chi connectivity index (χ0v) is 52.2. The van der Waals surface area contributed by atoms with E-state index in [0.29, 0.717) is 0 Å². The van der Waals surface area contributed by atoms with Gasteiger partial charge >= 0.3 is 0 Å². The summed E-state index contributed by atoms with van der Waals surface area (Å²) in [5, 5.41) is 4.93. The maximum absolute atomic E-state index is 2.69. The van der Waals surface area contributed by atoms with Gasteiger partial charge in [0.05, 0.1) is 33.4 Å². The van der Waals surface area contributed by atoms with Crippen molar-refractivity contribution in [1.29, 1.82) is 0 Å². The number of hydrogen-bond donors (Lipinski definition) is 0. The third-order valence-corrected chi connectivity index (χ3v) is 19.4. The van der Waals surface area contributed by atoms with Crippen LogP contribution in [0.5, 0.6) is 0 Å². The largest absolute Gasteiger partial charge is 0.311 e. The van der Waals surface area contributed by atoms with E-state index in [1.807, 2.05) is 0 Å². The molecule has 0 atom stereocenters. The summed E-state index contributed by atoms with van der Waals surface area (Å²) in [7, 11) is 0. The van der Waals surface area contributed by atoms with E-state index in [0.717, 1.165) is 39.5 Å². The van der Waals surface area contributed by atoms with Crippen LogP contribution >= 0.6 is 0 Å². The predicted octanol–water partition coefficient (Wildman–Crippen LogP) is 21.2. The normalized spacial score (nSPS) is 12.9. The van der Waals surface area contributed by atoms with Crippen molar-refractivity contribution >= 4 is 101 Å². The Morgan fingerprint density at radius 3 is 1.22 bits per heavy atom. The number of hydrogen-bond acceptors (Lipinski definition) is 2. The fraction of sp³-hybridized carbons (Fsp3) is 0.0930. The molecule has 15 aromatic rings. The van der Waals surface area contributed by atoms with E-state index in [9.17, 15) is 0 Å². The average Bonchev–Trinajstić information content (AvgIpc) is 1.46. The standard InChI is InChI=1S/C86H67BN4/c1-85(2,3)61-50-69(58-31-15-9-16-32-58)84(70(51-61)59-33-17-10-18-34-59)91-79-49-60(56-27-11-7-12-28-56)43-46-72(79)87-73-47-44-64(55-80(73)90(81-52-62(86(4,5)6)53-82(91)83(81)87)74-39-23-19-35-65(74)57-29-13-8-14-30-57)89-77-42-26-22-38-68(77)71-54-63(45-48-78(71)89)88-75-40-24-20-36-66(75)67-37-21-25-41-76(67)88/h7-55H,1-6H3. The second kappa shape index (κ2) is 20.9. The van der Waals surface area contributed by atoms with Crippen LogP contribution in [0.1, 0.15) is 52.7 Å². The number of benzene rings is 13. The molecular weight excluding hydrogens is 1100 g/mol. The SMILES string of the molecule is CC(C)(C)c1cc(-c2ccccc2)c(N2c3cc(-c4ccccc4)ccc3B3c4ccc(-n5c6ccccc6c6cc(-n7c8ccccc8c8ccccc87)ccc65)cc4N(c4ccccc4-c4ccccc4)c4cc(C(C)(C)C)cc2c43)c(-c2ccccc2)c1. The minimum Gasteiger partial charge on any atom is -0.311 e. The Kier molecular flexibility index (Phi) is 12.5. The van der Waals surface area contributed by atoms with Crippen LogP contribution < -0.4 is 26.2 Å². The summed E-state index contributed by atoms with van der Waals surface area (Å²) in [5.74, 6) is 0. The van der Waals surface area contributed by atoms with Gasteiger partial charge in [-0.1, -0.05) is 254 Å². The van der Waals surface area contributed by atoms with Crippen LogP contribution in [0.4, 0.5) is 34.1 Å². The minimum absolute atomic E-state index is 0.146. The Hall–Kier alpha value is -10.9. The van der Waals surface area contributed by atoms with Crippen molar-refractivity contribution in [2.75, 3.05) is 9.80 Å². The van der Waals surface area contributed by atoms with Crippen molar-refractivity contribution in [3.05, 3.63) is 308 Å². The van der Waals surface area contributed by atoms with E-state index in [1.54, 1.807) is 0 Å². The Morgan fingerprint density at radius 2 is 0.670 bits per heavy atom. The number of fused-ring (bicyclic) bond motifs is 10. The van der Waals surface area contributed by atoms with Crippen LogP contribution in [0.2, 0.25) is 0 Å². The van der Waals surface area contributed by atoms with E-state index in [4.69, 9.17) is 0 Å². The lowest BCUT2D eigenvalue weighted by Gasteiger charge is -2.46. The van der Waals surface area contributed by atoms with Gasteiger partial charge in [-0.25, -0.2) is 0 Å². The second-order valence-corrected chi connectivity index (χ2v) is 26.9. The molecule has 0 amide bonds. The average molecular weight is 1170 g/mol. The lowest BCUT2D eigenvalue weighted by Crippen LogP contribution is -2.61. The molecule has 4 heterocycles. The first-order valence-electron chi connectivity index (χ1n) is 32.0. The summed E-state index contributed by atoms with van der Waals surface area (Å²) in [5.41, 5.74) is 29.3. The Bertz CT molecular complexity index is 5260. The van der Waals surface area contributed by atoms with Gasteiger partial charge in [0.25, 0.3) is 6.71 Å². The Labute approximate surface area is 533 Å². The fourth-order valence-electron chi connectivity index (χ4n) is 15.0. The van der Waals surface area contributed by atoms with Gasteiger partial charge in [0.15, 0.2) is 0 Å². The molecule has 13 aromatic carbocycles. The molecule has 0 fully saturated rings. The number of rotatable bonds is 8. The van der Waals surface area contributed by atoms with E-state index in [2.05, 4.69) is 358 Å². The summed E-state index contributed by atoms with van der Waals surface area (Å²) >= 11 is 0. The molecule has 2 aromatic heterocycles. The van der Waals surface area contributed by atoms with Gasteiger partial charge in [0.1, 0.15) is 0 Å². The molecule has 0 aliphatic carbocycles. The van der Waals surface area contributed by atoms with Crippen molar-refractivity contribution in [3.63, 3.8) is 0 Å². The summed E-state index contributed by atoms with van der Waals surface area (Å²) in [6.45, 7) is 14.0. The van der Waals surface area contributed by atoms with Crippen molar-refractivity contribution in [1.82, 2.24) is 9.13 Å². The smallest absolute Gasteiger partial charge is 0.252 e. The topological polar surface area (TPSA) is 16.3 Å². The third kappa shape index (κ3) is 8.73. The summed E-state index contributed by atoms with van der Waals surface area (Å²) in [4.78, 5) is 5.33. The van der Waals surface area contributed by atoms with Gasteiger partial charge in [0.2, 0.25) is 0 Å². The molecule has 0 saturated heterocycles. The van der Waals surface area contributed by atoms with Gasteiger partial charge in [0, 0.05) is 72.4 Å². The molecule has 0 radical (unpaired) electrons. The van der Waals surface area contributed by atoms with Crippen molar-refractivity contribution < 1.29 is 0 Å². The summed E-state index contributed by atoms with van der Waals surface area (Å²) < 4.78 is 4.95. The second-order valence-electron chi connectivity index (χ2n) is 26.9. The Morgan fingerprint density at radius 1 is 0.264 bits per heavy atom. The van der Waals surface area contributed by atoms with Crippen LogP contribution in [-0.4, -0.2) is 15.8 Å². The molecule has 4 nitrogen and oxygen atoms in total. The van der Waals surface area contributed by atoms with Crippen molar-refractivity contribution in [2.24, 2.45) is 0 Å².